The molecule has 0 aliphatic rings. The van der Waals surface area contributed by atoms with Crippen molar-refractivity contribution in [1.82, 2.24) is 5.32 Å². The lowest BCUT2D eigenvalue weighted by Crippen LogP contribution is -2.20. The minimum atomic E-state index is -0.854. The van der Waals surface area contributed by atoms with Crippen LogP contribution in [0.1, 0.15) is 35.0 Å². The van der Waals surface area contributed by atoms with E-state index >= 15 is 0 Å². The molecule has 0 spiro atoms. The first kappa shape index (κ1) is 15.9. The van der Waals surface area contributed by atoms with Gasteiger partial charge in [0.25, 0.3) is 0 Å². The van der Waals surface area contributed by atoms with Gasteiger partial charge in [-0.1, -0.05) is 31.5 Å². The quantitative estimate of drug-likeness (QED) is 0.696. The van der Waals surface area contributed by atoms with Crippen molar-refractivity contribution in [3.8, 4) is 0 Å². The summed E-state index contributed by atoms with van der Waals surface area (Å²) in [5, 5.41) is 13.6. The molecule has 0 aliphatic heterocycles. The summed E-state index contributed by atoms with van der Waals surface area (Å²) >= 11 is 1.34. The summed E-state index contributed by atoms with van der Waals surface area (Å²) in [6, 6.07) is 7.82. The number of rotatable bonds is 9. The van der Waals surface area contributed by atoms with Crippen LogP contribution in [0.5, 0.6) is 0 Å². The number of nitrogens with one attached hydrogen (secondary N) is 1. The second-order valence-corrected chi connectivity index (χ2v) is 5.91. The van der Waals surface area contributed by atoms with Crippen molar-refractivity contribution in [1.29, 1.82) is 0 Å². The Morgan fingerprint density at radius 1 is 1.33 bits per heavy atom. The number of ether oxygens (including phenoxy) is 1. The Labute approximate surface area is 128 Å². The van der Waals surface area contributed by atoms with Crippen LogP contribution in [0.3, 0.4) is 0 Å². The fraction of sp³-hybridized carbons (Fsp3) is 0.438. The molecule has 0 radical (unpaired) electrons. The lowest BCUT2D eigenvalue weighted by atomic mass is 10.1. The number of unbranched alkanes of at least 4 members (excludes halogenated alkanes) is 1. The second kappa shape index (κ2) is 8.12. The molecule has 0 amide bonds. The van der Waals surface area contributed by atoms with Crippen molar-refractivity contribution in [3.05, 3.63) is 34.7 Å². The van der Waals surface area contributed by atoms with E-state index in [1.165, 1.54) is 11.3 Å². The van der Waals surface area contributed by atoms with Gasteiger partial charge < -0.3 is 15.2 Å². The minimum absolute atomic E-state index is 0.426. The Hall–Kier alpha value is -1.43. The highest BCUT2D eigenvalue weighted by molar-refractivity contribution is 7.21. The summed E-state index contributed by atoms with van der Waals surface area (Å²) in [6.45, 7) is 4.87. The molecule has 21 heavy (non-hydrogen) atoms. The second-order valence-electron chi connectivity index (χ2n) is 4.85. The molecule has 0 bridgehead atoms. The lowest BCUT2D eigenvalue weighted by Gasteiger charge is -2.06. The van der Waals surface area contributed by atoms with Crippen LogP contribution in [0, 0.1) is 0 Å². The fourth-order valence-corrected chi connectivity index (χ4v) is 3.21. The number of fused-ring (bicyclic) bond motifs is 1. The highest BCUT2D eigenvalue weighted by atomic mass is 32.1. The van der Waals surface area contributed by atoms with E-state index in [2.05, 4.69) is 12.2 Å². The van der Waals surface area contributed by atoms with Crippen molar-refractivity contribution in [2.45, 2.75) is 26.3 Å². The van der Waals surface area contributed by atoms with Gasteiger partial charge >= 0.3 is 5.97 Å². The van der Waals surface area contributed by atoms with Gasteiger partial charge in [-0.2, -0.15) is 0 Å². The molecular formula is C16H21NO3S. The monoisotopic (exact) mass is 307 g/mol. The van der Waals surface area contributed by atoms with E-state index in [0.29, 0.717) is 18.0 Å². The number of hydrogen-bond donors (Lipinski definition) is 2. The van der Waals surface area contributed by atoms with Crippen molar-refractivity contribution in [2.24, 2.45) is 0 Å². The van der Waals surface area contributed by atoms with Crippen molar-refractivity contribution < 1.29 is 14.6 Å². The zero-order valence-corrected chi connectivity index (χ0v) is 13.0. The van der Waals surface area contributed by atoms with Crippen LogP contribution in [0.4, 0.5) is 0 Å². The van der Waals surface area contributed by atoms with Gasteiger partial charge in [-0.3, -0.25) is 0 Å². The topological polar surface area (TPSA) is 58.6 Å². The number of benzene rings is 1. The van der Waals surface area contributed by atoms with Crippen LogP contribution in [-0.2, 0) is 11.3 Å². The third kappa shape index (κ3) is 4.27. The summed E-state index contributed by atoms with van der Waals surface area (Å²) in [4.78, 5) is 11.8. The molecular weight excluding hydrogens is 286 g/mol. The molecule has 5 heteroatoms. The molecule has 0 aliphatic carbocycles. The van der Waals surface area contributed by atoms with Crippen molar-refractivity contribution in [2.75, 3.05) is 19.8 Å². The normalized spacial score (nSPS) is 11.1. The first-order valence-electron chi connectivity index (χ1n) is 7.26. The van der Waals surface area contributed by atoms with Crippen LogP contribution in [0.25, 0.3) is 10.1 Å². The maximum absolute atomic E-state index is 11.4. The molecule has 2 N–H and O–H groups in total. The van der Waals surface area contributed by atoms with Gasteiger partial charge in [0.1, 0.15) is 4.88 Å². The molecule has 0 atom stereocenters. The van der Waals surface area contributed by atoms with Gasteiger partial charge in [0.15, 0.2) is 0 Å². The van der Waals surface area contributed by atoms with E-state index in [0.717, 1.165) is 41.6 Å². The van der Waals surface area contributed by atoms with Crippen LogP contribution in [0.15, 0.2) is 24.3 Å². The van der Waals surface area contributed by atoms with Gasteiger partial charge in [0.2, 0.25) is 0 Å². The van der Waals surface area contributed by atoms with Crippen LogP contribution in [-0.4, -0.2) is 30.8 Å². The number of hydrogen-bond acceptors (Lipinski definition) is 4. The molecule has 2 rings (SSSR count). The minimum Gasteiger partial charge on any atom is -0.477 e. The summed E-state index contributed by atoms with van der Waals surface area (Å²) in [5.41, 5.74) is 0.872. The summed E-state index contributed by atoms with van der Waals surface area (Å²) in [6.07, 6.45) is 2.22. The molecule has 0 fully saturated rings. The number of aromatic carboxylic acids is 1. The van der Waals surface area contributed by atoms with E-state index in [9.17, 15) is 9.90 Å². The van der Waals surface area contributed by atoms with E-state index in [1.54, 1.807) is 0 Å². The maximum Gasteiger partial charge on any atom is 0.346 e. The highest BCUT2D eigenvalue weighted by Gasteiger charge is 2.16. The lowest BCUT2D eigenvalue weighted by molar-refractivity contribution is 0.0701. The Balaban J connectivity index is 1.94. The Bertz CT molecular complexity index is 594. The third-order valence-electron chi connectivity index (χ3n) is 3.26. The zero-order valence-electron chi connectivity index (χ0n) is 12.2. The SMILES string of the molecule is CCCCOCCNCc1c(C(=O)O)sc2ccccc12. The van der Waals surface area contributed by atoms with Crippen LogP contribution in [0.2, 0.25) is 0 Å². The fourth-order valence-electron chi connectivity index (χ4n) is 2.15. The van der Waals surface area contributed by atoms with Crippen LogP contribution < -0.4 is 5.32 Å². The summed E-state index contributed by atoms with van der Waals surface area (Å²) in [5.74, 6) is -0.854. The Morgan fingerprint density at radius 3 is 2.90 bits per heavy atom. The molecule has 1 aromatic carbocycles. The average Bonchev–Trinajstić information content (AvgIpc) is 2.85. The predicted molar refractivity (Wildman–Crippen MR) is 86.2 cm³/mol. The molecule has 1 heterocycles. The molecule has 114 valence electrons. The van der Waals surface area contributed by atoms with E-state index < -0.39 is 5.97 Å². The van der Waals surface area contributed by atoms with Gasteiger partial charge in [0, 0.05) is 24.4 Å². The first-order chi connectivity index (χ1) is 10.2. The molecule has 4 nitrogen and oxygen atoms in total. The Kier molecular flexibility index (Phi) is 6.17. The predicted octanol–water partition coefficient (Wildman–Crippen LogP) is 3.51. The number of carboxylic acids is 1. The zero-order chi connectivity index (χ0) is 15.1. The highest BCUT2D eigenvalue weighted by Crippen LogP contribution is 2.31. The Morgan fingerprint density at radius 2 is 2.14 bits per heavy atom. The largest absolute Gasteiger partial charge is 0.477 e. The molecule has 1 aromatic heterocycles. The molecule has 0 saturated carbocycles. The van der Waals surface area contributed by atoms with E-state index in [-0.39, 0.29) is 0 Å². The van der Waals surface area contributed by atoms with Crippen LogP contribution >= 0.6 is 11.3 Å². The van der Waals surface area contributed by atoms with Gasteiger partial charge in [0.05, 0.1) is 6.61 Å². The molecule has 2 aromatic rings. The maximum atomic E-state index is 11.4. The first-order valence-corrected chi connectivity index (χ1v) is 8.07. The summed E-state index contributed by atoms with van der Waals surface area (Å²) in [7, 11) is 0. The van der Waals surface area contributed by atoms with Crippen molar-refractivity contribution >= 4 is 27.4 Å². The number of carbonyl (C=O) groups is 1. The van der Waals surface area contributed by atoms with Gasteiger partial charge in [-0.15, -0.1) is 11.3 Å². The van der Waals surface area contributed by atoms with E-state index in [4.69, 9.17) is 4.74 Å². The average molecular weight is 307 g/mol. The van der Waals surface area contributed by atoms with E-state index in [1.807, 2.05) is 24.3 Å². The third-order valence-corrected chi connectivity index (χ3v) is 4.46. The molecule has 0 unspecified atom stereocenters. The number of carboxylic acid groups (broad SMARTS) is 1. The number of thiophene rings is 1. The molecule has 0 saturated heterocycles. The standard InChI is InChI=1S/C16H21NO3S/c1-2-3-9-20-10-8-17-11-13-12-6-4-5-7-14(12)21-15(13)16(18)19/h4-7,17H,2-3,8-11H2,1H3,(H,18,19). The van der Waals surface area contributed by atoms with Gasteiger partial charge in [-0.05, 0) is 23.4 Å². The smallest absolute Gasteiger partial charge is 0.346 e. The van der Waals surface area contributed by atoms with Gasteiger partial charge in [-0.25, -0.2) is 4.79 Å². The van der Waals surface area contributed by atoms with Crippen molar-refractivity contribution in [3.63, 3.8) is 0 Å². The summed E-state index contributed by atoms with van der Waals surface area (Å²) < 4.78 is 6.50.